The lowest BCUT2D eigenvalue weighted by Crippen LogP contribution is -2.51. The van der Waals surface area contributed by atoms with Gasteiger partial charge in [-0.3, -0.25) is 24.0 Å². The molecule has 23 rings (SSSR count). The third-order valence-corrected chi connectivity index (χ3v) is 34.0. The van der Waals surface area contributed by atoms with Gasteiger partial charge in [0.05, 0.1) is 54.6 Å². The number of esters is 2. The van der Waals surface area contributed by atoms with E-state index in [4.69, 9.17) is 68.6 Å². The summed E-state index contributed by atoms with van der Waals surface area (Å²) in [5.41, 5.74) is 9.26. The number of benzene rings is 4. The molecule has 756 valence electrons. The second-order valence-electron chi connectivity index (χ2n) is 48.4. The van der Waals surface area contributed by atoms with Crippen LogP contribution in [0.4, 0.5) is 14.4 Å². The molecular weight excluding hydrogens is 1800 g/mol. The predicted molar refractivity (Wildman–Crippen MR) is 514 cm³/mol. The highest BCUT2D eigenvalue weighted by Crippen LogP contribution is 2.68. The van der Waals surface area contributed by atoms with E-state index in [1.165, 1.54) is 42.9 Å². The number of amidine groups is 1. The van der Waals surface area contributed by atoms with E-state index < -0.39 is 40.1 Å². The van der Waals surface area contributed by atoms with Gasteiger partial charge in [0, 0.05) is 103 Å². The number of nitrogens with one attached hydrogen (secondary N) is 1. The zero-order valence-corrected chi connectivity index (χ0v) is 83.3. The second-order valence-corrected chi connectivity index (χ2v) is 48.4. The Morgan fingerprint density at radius 2 is 0.667 bits per heavy atom. The predicted octanol–water partition coefficient (Wildman–Crippen LogP) is 18.6. The number of ether oxygens (including phenoxy) is 5. The minimum Gasteiger partial charge on any atom is -0.481 e. The summed E-state index contributed by atoms with van der Waals surface area (Å²) in [5, 5.41) is 56.1. The highest BCUT2D eigenvalue weighted by Gasteiger charge is 2.65. The monoisotopic (exact) mass is 1940 g/mol. The fraction of sp³-hybridized carbons (Fsp3) is 0.642. The summed E-state index contributed by atoms with van der Waals surface area (Å²) >= 11 is 0. The lowest BCUT2D eigenvalue weighted by molar-refractivity contribution is -0.169. The molecule has 0 bridgehead atoms. The number of nitrogens with two attached hydrogens (primary N) is 1. The van der Waals surface area contributed by atoms with E-state index in [0.717, 1.165) is 197 Å². The highest BCUT2D eigenvalue weighted by atomic mass is 16.6. The normalized spacial score (nSPS) is 32.0. The van der Waals surface area contributed by atoms with Gasteiger partial charge in [0.15, 0.2) is 17.5 Å². The molecule has 4 unspecified atom stereocenters. The number of amides is 3. The molecule has 4 spiro atoms. The first-order chi connectivity index (χ1) is 67.0. The third-order valence-electron chi connectivity index (χ3n) is 34.0. The molecule has 0 radical (unpaired) electrons. The standard InChI is InChI=1S/C29H37N3O5.C28H35N3O5.C23H27N3O3.C19H27N3O3.C10H14O4/c1-27(2,3)36-26(34)32(22-12-21(22)18-8-6-5-7-9-18)17-29(10-11-29)25-30-23(37-31-25)19-13-28(14-19)15-20(16-28)24(33)35-4;1-26(2,3)35-25(34)31(21-11-20(21)17-7-5-4-6-8-17)16-28(9-10-28)24-29-22(36-30-24)18-12-27(13-18)14-19(15-27)23(32)33;27-20(28)16-11-22(12-16)9-15(10-22)19-25-21(26-29-19)23(6-7-23)13-24-18-8-17(18)14-4-2-1-3-5-14;1-18(2,3)25-17(23)22(12-19(9-10-19)16(20)21-24)15-11-14(15)13-7-5-4-6-8-13;1-14-9(13)7-4-10(5-7)2-6(3-10)8(11)12/h5-9,19-22H,10-17H2,1-4H3;4-8,18-21H,9-16H2,1-3H3,(H,32,33);1-5,15-18,24H,6-13H2,(H,27,28);4-8,14-15,24H,9-12H2,1-3H3,(H2,20,21);6-7H,2-5H2,1H3,(H,11,12)/t19?,20?,21?,22-,28?;18?,19?,20?,21-,27?;15?,16?,17?,18-,22?;14?,15-;/m0000./s1. The van der Waals surface area contributed by atoms with Gasteiger partial charge in [-0.15, -0.1) is 0 Å². The number of hydrogen-bond acceptors (Lipinski definition) is 25. The van der Waals surface area contributed by atoms with Gasteiger partial charge in [0.1, 0.15) is 22.6 Å². The van der Waals surface area contributed by atoms with Gasteiger partial charge in [-0.1, -0.05) is 142 Å². The van der Waals surface area contributed by atoms with Crippen molar-refractivity contribution in [2.45, 2.75) is 341 Å². The number of carboxylic acids is 3. The zero-order valence-electron chi connectivity index (χ0n) is 83.3. The van der Waals surface area contributed by atoms with Crippen molar-refractivity contribution < 1.29 is 96.1 Å². The molecule has 16 aliphatic carbocycles. The van der Waals surface area contributed by atoms with Crippen LogP contribution in [0, 0.1) is 56.7 Å². The first-order valence-electron chi connectivity index (χ1n) is 51.3. The average Bonchev–Trinajstić information content (AvgIpc) is 1.34. The van der Waals surface area contributed by atoms with Gasteiger partial charge >= 0.3 is 48.1 Å². The Morgan fingerprint density at radius 3 is 0.936 bits per heavy atom. The van der Waals surface area contributed by atoms with Crippen molar-refractivity contribution in [1.82, 2.24) is 50.4 Å². The first-order valence-corrected chi connectivity index (χ1v) is 51.3. The van der Waals surface area contributed by atoms with Crippen molar-refractivity contribution in [3.8, 4) is 0 Å². The van der Waals surface area contributed by atoms with Crippen molar-refractivity contribution in [2.24, 2.45) is 67.6 Å². The smallest absolute Gasteiger partial charge is 0.410 e. The Labute approximate surface area is 823 Å². The van der Waals surface area contributed by atoms with Crippen LogP contribution in [0.15, 0.2) is 140 Å². The maximum Gasteiger partial charge on any atom is 0.410 e. The summed E-state index contributed by atoms with van der Waals surface area (Å²) in [4.78, 5) is 115. The van der Waals surface area contributed by atoms with Crippen LogP contribution in [0.2, 0.25) is 0 Å². The van der Waals surface area contributed by atoms with E-state index in [9.17, 15) is 43.5 Å². The Bertz CT molecular complexity index is 5730. The SMILES string of the molecule is CC(C)(C)OC(=O)N(CC1(C(N)=NO)CC1)[C@H]1CC1c1ccccc1.CC(C)(C)OC(=O)N(CC1(c2noc(C3CC4(CC(C(=O)O)C4)C3)n2)CC1)[C@H]1CC1c1ccccc1.COC(=O)C1CC2(C1)CC(c1nc(C3(CN(C(=O)OC(C)(C)C)[C@H]4CC4c4ccccc4)CC3)no1)C2.COC(=O)C1CC2(CC(C(=O)O)C2)C1.O=C(O)C1CC2(C1)CC(c1nc(C3(CN[C@H]4CC4c4ccccc4)CC3)no1)C2. The van der Waals surface area contributed by atoms with Crippen LogP contribution in [-0.4, -0.2) is 201 Å². The van der Waals surface area contributed by atoms with Gasteiger partial charge in [0.2, 0.25) is 17.7 Å². The van der Waals surface area contributed by atoms with Gasteiger partial charge < -0.3 is 83.5 Å². The van der Waals surface area contributed by atoms with E-state index in [0.29, 0.717) is 72.9 Å². The number of oxime groups is 1. The van der Waals surface area contributed by atoms with Crippen LogP contribution >= 0.6 is 0 Å². The molecule has 16 saturated carbocycles. The largest absolute Gasteiger partial charge is 0.481 e. The number of carbonyl (C=O) groups is 8. The Kier molecular flexibility index (Phi) is 26.2. The van der Waals surface area contributed by atoms with Gasteiger partial charge in [-0.05, 0) is 286 Å². The number of aromatic nitrogens is 6. The minimum absolute atomic E-state index is 0.0229. The molecular formula is C109H140N12O20. The fourth-order valence-electron chi connectivity index (χ4n) is 24.8. The second kappa shape index (κ2) is 37.5. The molecule has 0 saturated heterocycles. The number of nitrogens with zero attached hydrogens (tertiary/aromatic N) is 10. The summed E-state index contributed by atoms with van der Waals surface area (Å²) in [5.74, 6) is 4.30. The van der Waals surface area contributed by atoms with Crippen LogP contribution in [0.5, 0.6) is 0 Å². The molecule has 3 heterocycles. The molecule has 8 atom stereocenters. The van der Waals surface area contributed by atoms with Crippen molar-refractivity contribution >= 4 is 54.0 Å². The van der Waals surface area contributed by atoms with Gasteiger partial charge in [-0.25, -0.2) is 14.4 Å². The highest BCUT2D eigenvalue weighted by molar-refractivity contribution is 5.89. The van der Waals surface area contributed by atoms with Crippen LogP contribution in [0.3, 0.4) is 0 Å². The number of rotatable bonds is 28. The molecule has 3 amide bonds. The molecule has 141 heavy (non-hydrogen) atoms. The molecule has 16 fully saturated rings. The summed E-state index contributed by atoms with van der Waals surface area (Å²) in [6.07, 6.45) is 24.6. The van der Waals surface area contributed by atoms with Crippen LogP contribution in [0.25, 0.3) is 0 Å². The topological polar surface area (TPSA) is 441 Å². The van der Waals surface area contributed by atoms with Crippen LogP contribution in [0.1, 0.15) is 341 Å². The Morgan fingerprint density at radius 1 is 0.390 bits per heavy atom. The summed E-state index contributed by atoms with van der Waals surface area (Å²) in [6, 6.07) is 42.6. The molecule has 0 aliphatic heterocycles. The first kappa shape index (κ1) is 98.5. The van der Waals surface area contributed by atoms with Crippen molar-refractivity contribution in [1.29, 1.82) is 0 Å². The van der Waals surface area contributed by atoms with E-state index in [1.54, 1.807) is 4.90 Å². The summed E-state index contributed by atoms with van der Waals surface area (Å²) in [7, 11) is 2.85. The third kappa shape index (κ3) is 21.5. The molecule has 4 aromatic carbocycles. The number of carbonyl (C=O) groups excluding carboxylic acids is 5. The average molecular weight is 1940 g/mol. The summed E-state index contributed by atoms with van der Waals surface area (Å²) < 4.78 is 43.9. The lowest BCUT2D eigenvalue weighted by atomic mass is 9.48. The molecule has 16 aliphatic rings. The quantitative estimate of drug-likeness (QED) is 0.00662. The maximum atomic E-state index is 13.3. The van der Waals surface area contributed by atoms with Gasteiger partial charge in [-0.2, -0.15) is 15.0 Å². The molecule has 3 aromatic heterocycles. The lowest BCUT2D eigenvalue weighted by Gasteiger charge is -2.55. The molecule has 7 N–H and O–H groups in total. The van der Waals surface area contributed by atoms with Crippen LogP contribution < -0.4 is 11.1 Å². The van der Waals surface area contributed by atoms with E-state index in [1.807, 2.05) is 115 Å². The number of hydrogen-bond donors (Lipinski definition) is 6. The molecule has 32 heteroatoms. The summed E-state index contributed by atoms with van der Waals surface area (Å²) in [6.45, 7) is 19.4. The number of carboxylic acid groups (broad SMARTS) is 3. The number of methoxy groups -OCH3 is 2. The Balaban J connectivity index is 0.000000115. The van der Waals surface area contributed by atoms with Crippen molar-refractivity contribution in [3.05, 3.63) is 179 Å². The van der Waals surface area contributed by atoms with Crippen LogP contribution in [-0.2, 0) is 63.9 Å². The van der Waals surface area contributed by atoms with E-state index in [2.05, 4.69) is 110 Å². The fourth-order valence-corrected chi connectivity index (χ4v) is 24.8. The van der Waals surface area contributed by atoms with E-state index in [-0.39, 0.29) is 134 Å². The van der Waals surface area contributed by atoms with E-state index >= 15 is 0 Å². The molecule has 32 nitrogen and oxygen atoms in total. The van der Waals surface area contributed by atoms with Crippen molar-refractivity contribution in [3.63, 3.8) is 0 Å². The van der Waals surface area contributed by atoms with Gasteiger partial charge in [0.25, 0.3) is 0 Å². The van der Waals surface area contributed by atoms with Crippen molar-refractivity contribution in [2.75, 3.05) is 40.4 Å². The number of aliphatic carboxylic acids is 3. The Hall–Kier alpha value is -11.3. The molecule has 7 aromatic rings. The minimum atomic E-state index is -0.697. The zero-order chi connectivity index (χ0) is 99.5. The maximum absolute atomic E-state index is 13.3.